The van der Waals surface area contributed by atoms with Crippen LogP contribution in [0.1, 0.15) is 34.1 Å². The quantitative estimate of drug-likeness (QED) is 0.516. The van der Waals surface area contributed by atoms with Crippen molar-refractivity contribution >= 4 is 40.1 Å². The Morgan fingerprint density at radius 2 is 1.87 bits per heavy atom. The number of rotatable bonds is 5. The van der Waals surface area contributed by atoms with E-state index < -0.39 is 35.9 Å². The van der Waals surface area contributed by atoms with Gasteiger partial charge >= 0.3 is 12.1 Å². The van der Waals surface area contributed by atoms with Crippen LogP contribution in [0.4, 0.5) is 18.9 Å². The summed E-state index contributed by atoms with van der Waals surface area (Å²) in [6, 6.07) is 9.98. The van der Waals surface area contributed by atoms with Gasteiger partial charge in [0, 0.05) is 16.1 Å². The topological polar surface area (TPSA) is 68.3 Å². The Morgan fingerprint density at radius 1 is 1.16 bits per heavy atom. The van der Waals surface area contributed by atoms with E-state index in [-0.39, 0.29) is 10.6 Å². The Labute approximate surface area is 181 Å². The molecule has 1 N–H and O–H groups in total. The first-order chi connectivity index (χ1) is 14.6. The van der Waals surface area contributed by atoms with E-state index in [0.717, 1.165) is 6.07 Å². The molecule has 9 heteroatoms. The van der Waals surface area contributed by atoms with Gasteiger partial charge in [0.15, 0.2) is 6.61 Å². The van der Waals surface area contributed by atoms with Crippen molar-refractivity contribution in [3.05, 3.63) is 69.9 Å². The highest BCUT2D eigenvalue weighted by Crippen LogP contribution is 2.36. The van der Waals surface area contributed by atoms with Gasteiger partial charge in [-0.2, -0.15) is 13.2 Å². The number of nitrogens with one attached hydrogen (secondary N) is 1. The number of anilines is 1. The minimum Gasteiger partial charge on any atom is -0.452 e. The summed E-state index contributed by atoms with van der Waals surface area (Å²) in [6.45, 7) is 2.88. The first-order valence-electron chi connectivity index (χ1n) is 9.33. The Morgan fingerprint density at radius 3 is 2.55 bits per heavy atom. The number of alkyl halides is 3. The van der Waals surface area contributed by atoms with E-state index in [9.17, 15) is 22.8 Å². The molecule has 1 heterocycles. The predicted octanol–water partition coefficient (Wildman–Crippen LogP) is 5.57. The van der Waals surface area contributed by atoms with Gasteiger partial charge in [-0.15, -0.1) is 0 Å². The molecule has 162 valence electrons. The lowest BCUT2D eigenvalue weighted by Gasteiger charge is -2.15. The lowest BCUT2D eigenvalue weighted by atomic mass is 10.0. The fourth-order valence-electron chi connectivity index (χ4n) is 3.21. The van der Waals surface area contributed by atoms with Crippen LogP contribution in [0.15, 0.2) is 42.5 Å². The molecule has 0 unspecified atom stereocenters. The summed E-state index contributed by atoms with van der Waals surface area (Å²) < 4.78 is 44.6. The minimum atomic E-state index is -4.71. The molecule has 0 aliphatic heterocycles. The number of benzene rings is 2. The summed E-state index contributed by atoms with van der Waals surface area (Å²) >= 11 is 5.63. The number of aryl methyl sites for hydroxylation is 1. The first kappa shape index (κ1) is 22.6. The van der Waals surface area contributed by atoms with Crippen LogP contribution in [0.2, 0.25) is 5.02 Å². The second-order valence-corrected chi connectivity index (χ2v) is 7.18. The van der Waals surface area contributed by atoms with Gasteiger partial charge in [-0.1, -0.05) is 36.7 Å². The van der Waals surface area contributed by atoms with Crippen LogP contribution in [0.5, 0.6) is 0 Å². The molecule has 0 bridgehead atoms. The second-order valence-electron chi connectivity index (χ2n) is 6.74. The van der Waals surface area contributed by atoms with Crippen LogP contribution in [0.3, 0.4) is 0 Å². The van der Waals surface area contributed by atoms with Crippen molar-refractivity contribution in [3.8, 4) is 0 Å². The van der Waals surface area contributed by atoms with Gasteiger partial charge in [0.25, 0.3) is 5.91 Å². The van der Waals surface area contributed by atoms with Crippen molar-refractivity contribution in [1.82, 2.24) is 4.98 Å². The van der Waals surface area contributed by atoms with Gasteiger partial charge in [-0.05, 0) is 43.2 Å². The fourth-order valence-corrected chi connectivity index (χ4v) is 3.39. The van der Waals surface area contributed by atoms with E-state index in [1.807, 2.05) is 6.92 Å². The Kier molecular flexibility index (Phi) is 6.50. The Bertz CT molecular complexity index is 1160. The first-order valence-corrected chi connectivity index (χ1v) is 9.71. The number of nitrogens with zero attached hydrogens (tertiary/aromatic N) is 1. The number of halogens is 4. The molecule has 3 aromatic rings. The van der Waals surface area contributed by atoms with Gasteiger partial charge in [0.05, 0.1) is 22.3 Å². The molecule has 0 spiro atoms. The molecule has 0 aliphatic rings. The van der Waals surface area contributed by atoms with Crippen LogP contribution in [-0.2, 0) is 22.1 Å². The molecule has 3 rings (SSSR count). The summed E-state index contributed by atoms with van der Waals surface area (Å²) in [4.78, 5) is 29.5. The van der Waals surface area contributed by atoms with E-state index in [1.54, 1.807) is 31.2 Å². The number of esters is 1. The summed E-state index contributed by atoms with van der Waals surface area (Å²) in [6.07, 6.45) is -4.12. The molecule has 2 aromatic carbocycles. The molecule has 0 fully saturated rings. The highest BCUT2D eigenvalue weighted by Gasteiger charge is 2.34. The molecule has 0 aliphatic carbocycles. The molecule has 0 saturated carbocycles. The molecule has 0 atom stereocenters. The Hall–Kier alpha value is -3.13. The number of carbonyl (C=O) groups excluding carboxylic acids is 2. The lowest BCUT2D eigenvalue weighted by Crippen LogP contribution is -2.23. The maximum absolute atomic E-state index is 13.2. The zero-order chi connectivity index (χ0) is 22.8. The third-order valence-corrected chi connectivity index (χ3v) is 4.91. The second kappa shape index (κ2) is 8.93. The zero-order valence-corrected chi connectivity index (χ0v) is 17.4. The van der Waals surface area contributed by atoms with Crippen molar-refractivity contribution < 1.29 is 27.5 Å². The lowest BCUT2D eigenvalue weighted by molar-refractivity contribution is -0.137. The van der Waals surface area contributed by atoms with Crippen LogP contribution >= 0.6 is 11.6 Å². The highest BCUT2D eigenvalue weighted by molar-refractivity contribution is 6.30. The summed E-state index contributed by atoms with van der Waals surface area (Å²) in [5.41, 5.74) is 0.657. The molecule has 0 saturated heterocycles. The van der Waals surface area contributed by atoms with Gasteiger partial charge in [0.2, 0.25) is 0 Å². The number of carbonyl (C=O) groups is 2. The van der Waals surface area contributed by atoms with E-state index in [2.05, 4.69) is 10.3 Å². The number of hydrogen-bond donors (Lipinski definition) is 1. The van der Waals surface area contributed by atoms with Crippen molar-refractivity contribution in [1.29, 1.82) is 0 Å². The minimum absolute atomic E-state index is 0.122. The smallest absolute Gasteiger partial charge is 0.418 e. The number of aromatic nitrogens is 1. The van der Waals surface area contributed by atoms with Crippen LogP contribution < -0.4 is 5.32 Å². The summed E-state index contributed by atoms with van der Waals surface area (Å²) in [5, 5.41) is 2.57. The highest BCUT2D eigenvalue weighted by atomic mass is 35.5. The molecule has 0 radical (unpaired) electrons. The van der Waals surface area contributed by atoms with Gasteiger partial charge in [-0.25, -0.2) is 4.79 Å². The van der Waals surface area contributed by atoms with Crippen molar-refractivity contribution in [2.24, 2.45) is 0 Å². The maximum Gasteiger partial charge on any atom is 0.418 e. The largest absolute Gasteiger partial charge is 0.452 e. The van der Waals surface area contributed by atoms with Crippen molar-refractivity contribution in [2.45, 2.75) is 26.4 Å². The van der Waals surface area contributed by atoms with E-state index >= 15 is 0 Å². The average Bonchev–Trinajstić information content (AvgIpc) is 2.72. The summed E-state index contributed by atoms with van der Waals surface area (Å²) in [5.74, 6) is -1.67. The number of hydrogen-bond acceptors (Lipinski definition) is 4. The fraction of sp³-hybridized carbons (Fsp3) is 0.227. The average molecular weight is 451 g/mol. The summed E-state index contributed by atoms with van der Waals surface area (Å²) in [7, 11) is 0. The number of para-hydroxylation sites is 1. The third-order valence-electron chi connectivity index (χ3n) is 4.67. The maximum atomic E-state index is 13.2. The zero-order valence-electron chi connectivity index (χ0n) is 16.6. The monoisotopic (exact) mass is 450 g/mol. The van der Waals surface area contributed by atoms with Gasteiger partial charge < -0.3 is 10.1 Å². The molecular weight excluding hydrogens is 433 g/mol. The molecule has 1 aromatic heterocycles. The van der Waals surface area contributed by atoms with Crippen LogP contribution in [0.25, 0.3) is 10.9 Å². The van der Waals surface area contributed by atoms with E-state index in [4.69, 9.17) is 16.3 Å². The number of ether oxygens (including phenoxy) is 1. The van der Waals surface area contributed by atoms with Gasteiger partial charge in [0.1, 0.15) is 0 Å². The molecule has 31 heavy (non-hydrogen) atoms. The standard InChI is InChI=1S/C22H18ClF3N2O3/c1-3-16-12(2)20(14-6-4-5-7-17(14)27-16)21(30)31-11-19(29)28-18-9-8-13(23)10-15(18)22(24,25)26/h4-10H,3,11H2,1-2H3,(H,28,29). The Balaban J connectivity index is 1.80. The SMILES string of the molecule is CCc1nc2ccccc2c(C(=O)OCC(=O)Nc2ccc(Cl)cc2C(F)(F)F)c1C. The van der Waals surface area contributed by atoms with Gasteiger partial charge in [-0.3, -0.25) is 9.78 Å². The van der Waals surface area contributed by atoms with Crippen LogP contribution in [0, 0.1) is 6.92 Å². The molecular formula is C22H18ClF3N2O3. The third kappa shape index (κ3) is 4.96. The van der Waals surface area contributed by atoms with E-state index in [1.165, 1.54) is 6.07 Å². The van der Waals surface area contributed by atoms with Crippen LogP contribution in [-0.4, -0.2) is 23.5 Å². The normalized spacial score (nSPS) is 11.4. The molecule has 1 amide bonds. The molecule has 5 nitrogen and oxygen atoms in total. The van der Waals surface area contributed by atoms with Crippen molar-refractivity contribution in [3.63, 3.8) is 0 Å². The predicted molar refractivity (Wildman–Crippen MR) is 111 cm³/mol. The van der Waals surface area contributed by atoms with E-state index in [0.29, 0.717) is 34.6 Å². The van der Waals surface area contributed by atoms with Crippen molar-refractivity contribution in [2.75, 3.05) is 11.9 Å². The number of amides is 1. The number of pyridine rings is 1. The number of fused-ring (bicyclic) bond motifs is 1.